The third-order valence-electron chi connectivity index (χ3n) is 6.29. The molecule has 0 radical (unpaired) electrons. The highest BCUT2D eigenvalue weighted by Crippen LogP contribution is 2.42. The summed E-state index contributed by atoms with van der Waals surface area (Å²) in [5.41, 5.74) is -3.93. The van der Waals surface area contributed by atoms with Gasteiger partial charge in [-0.3, -0.25) is 9.69 Å². The van der Waals surface area contributed by atoms with Gasteiger partial charge in [0.15, 0.2) is 5.82 Å². The van der Waals surface area contributed by atoms with Gasteiger partial charge in [0.1, 0.15) is 11.4 Å². The molecule has 11 heteroatoms. The molecule has 0 bridgehead atoms. The standard InChI is InChI=1S/C20H24F7N3O/c1-29-8-10-30(11-9-29)18(4-6-19(23,24)7-5-18)12-28-17(31)15-14(21)3-2-13(16(15)22)20(25,26)27/h2-3H,4-12H2,1H3,(H,28,31). The molecule has 1 aliphatic carbocycles. The number of nitrogens with one attached hydrogen (secondary N) is 1. The summed E-state index contributed by atoms with van der Waals surface area (Å²) in [5, 5.41) is 2.32. The lowest BCUT2D eigenvalue weighted by Crippen LogP contribution is -2.62. The fraction of sp³-hybridized carbons (Fsp3) is 0.650. The second-order valence-corrected chi connectivity index (χ2v) is 8.33. The van der Waals surface area contributed by atoms with Crippen molar-refractivity contribution in [3.63, 3.8) is 0 Å². The van der Waals surface area contributed by atoms with Crippen LogP contribution in [0.25, 0.3) is 0 Å². The van der Waals surface area contributed by atoms with E-state index in [9.17, 15) is 35.5 Å². The van der Waals surface area contributed by atoms with Crippen LogP contribution < -0.4 is 5.32 Å². The smallest absolute Gasteiger partial charge is 0.350 e. The molecular weight excluding hydrogens is 431 g/mol. The molecule has 31 heavy (non-hydrogen) atoms. The number of halogens is 7. The first kappa shape index (κ1) is 23.8. The van der Waals surface area contributed by atoms with Gasteiger partial charge in [-0.15, -0.1) is 0 Å². The summed E-state index contributed by atoms with van der Waals surface area (Å²) in [6, 6.07) is 0.620. The molecule has 1 saturated carbocycles. The third-order valence-corrected chi connectivity index (χ3v) is 6.29. The minimum absolute atomic E-state index is 0.0531. The Morgan fingerprint density at radius 2 is 1.61 bits per heavy atom. The maximum atomic E-state index is 14.3. The number of alkyl halides is 5. The average molecular weight is 455 g/mol. The first-order valence-corrected chi connectivity index (χ1v) is 9.99. The monoisotopic (exact) mass is 455 g/mol. The highest BCUT2D eigenvalue weighted by atomic mass is 19.4. The predicted molar refractivity (Wildman–Crippen MR) is 98.9 cm³/mol. The van der Waals surface area contributed by atoms with Gasteiger partial charge in [0.25, 0.3) is 5.91 Å². The van der Waals surface area contributed by atoms with Crippen LogP contribution >= 0.6 is 0 Å². The van der Waals surface area contributed by atoms with E-state index in [-0.39, 0.29) is 25.5 Å². The Balaban J connectivity index is 1.81. The molecule has 4 nitrogen and oxygen atoms in total. The molecular formula is C20H24F7N3O. The molecule has 1 heterocycles. The Bertz CT molecular complexity index is 810. The molecule has 3 rings (SSSR count). The van der Waals surface area contributed by atoms with Crippen molar-refractivity contribution in [2.45, 2.75) is 43.3 Å². The number of nitrogens with zero attached hydrogens (tertiary/aromatic N) is 2. The largest absolute Gasteiger partial charge is 0.419 e. The molecule has 2 aliphatic rings. The summed E-state index contributed by atoms with van der Waals surface area (Å²) in [6.07, 6.45) is -5.79. The third kappa shape index (κ3) is 5.14. The molecule has 0 atom stereocenters. The summed E-state index contributed by atoms with van der Waals surface area (Å²) in [6.45, 7) is 2.29. The summed E-state index contributed by atoms with van der Waals surface area (Å²) in [7, 11) is 1.92. The van der Waals surface area contributed by atoms with Crippen LogP contribution in [0.15, 0.2) is 12.1 Å². The van der Waals surface area contributed by atoms with Gasteiger partial charge in [-0.1, -0.05) is 0 Å². The maximum Gasteiger partial charge on any atom is 0.419 e. The van der Waals surface area contributed by atoms with Crippen LogP contribution in [0.2, 0.25) is 0 Å². The van der Waals surface area contributed by atoms with Gasteiger partial charge in [0, 0.05) is 51.1 Å². The Kier molecular flexibility index (Phi) is 6.57. The summed E-state index contributed by atoms with van der Waals surface area (Å²) in [4.78, 5) is 16.5. The number of amides is 1. The van der Waals surface area contributed by atoms with Gasteiger partial charge in [0.05, 0.1) is 5.56 Å². The molecule has 1 aliphatic heterocycles. The van der Waals surface area contributed by atoms with Crippen LogP contribution in [-0.2, 0) is 6.18 Å². The van der Waals surface area contributed by atoms with E-state index in [2.05, 4.69) is 10.2 Å². The van der Waals surface area contributed by atoms with E-state index >= 15 is 0 Å². The van der Waals surface area contributed by atoms with Gasteiger partial charge in [0.2, 0.25) is 5.92 Å². The van der Waals surface area contributed by atoms with Gasteiger partial charge in [-0.25, -0.2) is 17.6 Å². The fourth-order valence-electron chi connectivity index (χ4n) is 4.28. The van der Waals surface area contributed by atoms with Crippen molar-refractivity contribution in [2.75, 3.05) is 39.8 Å². The van der Waals surface area contributed by atoms with Crippen molar-refractivity contribution in [1.82, 2.24) is 15.1 Å². The zero-order valence-corrected chi connectivity index (χ0v) is 17.0. The van der Waals surface area contributed by atoms with E-state index in [1.54, 1.807) is 0 Å². The first-order chi connectivity index (χ1) is 14.3. The summed E-state index contributed by atoms with van der Waals surface area (Å²) < 4.78 is 94.7. The molecule has 0 aromatic heterocycles. The van der Waals surface area contributed by atoms with Crippen molar-refractivity contribution in [2.24, 2.45) is 0 Å². The molecule has 174 valence electrons. The summed E-state index contributed by atoms with van der Waals surface area (Å²) in [5.74, 6) is -7.59. The van der Waals surface area contributed by atoms with Gasteiger partial charge >= 0.3 is 6.18 Å². The normalized spacial score (nSPS) is 22.3. The van der Waals surface area contributed by atoms with E-state index < -0.39 is 59.1 Å². The van der Waals surface area contributed by atoms with Gasteiger partial charge in [-0.05, 0) is 32.0 Å². The van der Waals surface area contributed by atoms with Crippen molar-refractivity contribution in [1.29, 1.82) is 0 Å². The lowest BCUT2D eigenvalue weighted by molar-refractivity contribution is -0.140. The minimum Gasteiger partial charge on any atom is -0.350 e. The Morgan fingerprint density at radius 3 is 2.16 bits per heavy atom. The van der Waals surface area contributed by atoms with Crippen molar-refractivity contribution in [3.05, 3.63) is 34.9 Å². The minimum atomic E-state index is -5.09. The maximum absolute atomic E-state index is 14.3. The Morgan fingerprint density at radius 1 is 1.03 bits per heavy atom. The van der Waals surface area contributed by atoms with Crippen molar-refractivity contribution >= 4 is 5.91 Å². The second kappa shape index (κ2) is 8.57. The van der Waals surface area contributed by atoms with Crippen molar-refractivity contribution < 1.29 is 35.5 Å². The molecule has 0 spiro atoms. The van der Waals surface area contributed by atoms with Crippen molar-refractivity contribution in [3.8, 4) is 0 Å². The van der Waals surface area contributed by atoms with Crippen LogP contribution in [0, 0.1) is 11.6 Å². The van der Waals surface area contributed by atoms with E-state index in [4.69, 9.17) is 0 Å². The number of hydrogen-bond donors (Lipinski definition) is 1. The number of hydrogen-bond acceptors (Lipinski definition) is 3. The molecule has 1 saturated heterocycles. The number of benzene rings is 1. The molecule has 1 aromatic carbocycles. The molecule has 1 N–H and O–H groups in total. The van der Waals surface area contributed by atoms with Gasteiger partial charge < -0.3 is 10.2 Å². The molecule has 1 amide bonds. The lowest BCUT2D eigenvalue weighted by Gasteiger charge is -2.50. The van der Waals surface area contributed by atoms with Crippen LogP contribution in [0.5, 0.6) is 0 Å². The number of piperazine rings is 1. The molecule has 1 aromatic rings. The zero-order valence-electron chi connectivity index (χ0n) is 17.0. The highest BCUT2D eigenvalue weighted by molar-refractivity contribution is 5.95. The number of rotatable bonds is 4. The fourth-order valence-corrected chi connectivity index (χ4v) is 4.28. The lowest BCUT2D eigenvalue weighted by atomic mass is 9.78. The average Bonchev–Trinajstić information content (AvgIpc) is 2.67. The summed E-state index contributed by atoms with van der Waals surface area (Å²) >= 11 is 0. The number of likely N-dealkylation sites (N-methyl/N-ethyl adjacent to an activating group) is 1. The Labute approximate surface area is 175 Å². The van der Waals surface area contributed by atoms with Crippen LogP contribution in [0.1, 0.15) is 41.6 Å². The van der Waals surface area contributed by atoms with E-state index in [0.29, 0.717) is 32.2 Å². The zero-order chi connectivity index (χ0) is 23.0. The topological polar surface area (TPSA) is 35.6 Å². The number of carbonyl (C=O) groups excluding carboxylic acids is 1. The van der Waals surface area contributed by atoms with Crippen LogP contribution in [0.3, 0.4) is 0 Å². The van der Waals surface area contributed by atoms with Crippen LogP contribution in [0.4, 0.5) is 30.7 Å². The quantitative estimate of drug-likeness (QED) is 0.700. The van der Waals surface area contributed by atoms with Crippen LogP contribution in [-0.4, -0.2) is 66.9 Å². The van der Waals surface area contributed by atoms with E-state index in [1.807, 2.05) is 11.9 Å². The molecule has 0 unspecified atom stereocenters. The Hall–Kier alpha value is -1.88. The van der Waals surface area contributed by atoms with E-state index in [1.165, 1.54) is 0 Å². The number of carbonyl (C=O) groups is 1. The van der Waals surface area contributed by atoms with E-state index in [0.717, 1.165) is 0 Å². The molecule has 2 fully saturated rings. The second-order valence-electron chi connectivity index (χ2n) is 8.33. The highest BCUT2D eigenvalue weighted by Gasteiger charge is 2.47. The first-order valence-electron chi connectivity index (χ1n) is 9.99. The van der Waals surface area contributed by atoms with Gasteiger partial charge in [-0.2, -0.15) is 13.2 Å². The SMILES string of the molecule is CN1CCN(C2(CNC(=O)c3c(F)ccc(C(F)(F)F)c3F)CCC(F)(F)CC2)CC1. The predicted octanol–water partition coefficient (Wildman–Crippen LogP) is 3.91.